The molecule has 0 unspecified atom stereocenters. The Bertz CT molecular complexity index is 865. The number of ether oxygens (including phenoxy) is 2. The standard InChI is InChI=1S/C19H17NO4/c1-3-11-23-15-9-7-14(8-10-15)20-19(21)17-12-13-5-4-6-16(22-2)18(13)24-17/h3-10,12H,1,11H2,2H3,(H,20,21). The predicted molar refractivity (Wildman–Crippen MR) is 92.9 cm³/mol. The summed E-state index contributed by atoms with van der Waals surface area (Å²) in [7, 11) is 1.56. The summed E-state index contributed by atoms with van der Waals surface area (Å²) < 4.78 is 16.3. The lowest BCUT2D eigenvalue weighted by molar-refractivity contribution is 0.0998. The number of furan rings is 1. The Morgan fingerprint density at radius 1 is 1.25 bits per heavy atom. The van der Waals surface area contributed by atoms with Gasteiger partial charge in [0, 0.05) is 11.1 Å². The lowest BCUT2D eigenvalue weighted by Crippen LogP contribution is -2.10. The second-order valence-corrected chi connectivity index (χ2v) is 5.07. The van der Waals surface area contributed by atoms with Gasteiger partial charge in [-0.3, -0.25) is 4.79 Å². The summed E-state index contributed by atoms with van der Waals surface area (Å²) >= 11 is 0. The SMILES string of the molecule is C=CCOc1ccc(NC(=O)c2cc3cccc(OC)c3o2)cc1. The van der Waals surface area contributed by atoms with Crippen molar-refractivity contribution < 1.29 is 18.7 Å². The van der Waals surface area contributed by atoms with Crippen LogP contribution in [0.15, 0.2) is 65.6 Å². The number of para-hydroxylation sites is 1. The normalized spacial score (nSPS) is 10.4. The predicted octanol–water partition coefficient (Wildman–Crippen LogP) is 4.26. The van der Waals surface area contributed by atoms with E-state index in [1.165, 1.54) is 0 Å². The van der Waals surface area contributed by atoms with E-state index in [0.29, 0.717) is 29.4 Å². The minimum absolute atomic E-state index is 0.224. The Morgan fingerprint density at radius 3 is 2.75 bits per heavy atom. The van der Waals surface area contributed by atoms with E-state index in [-0.39, 0.29) is 11.7 Å². The second kappa shape index (κ2) is 6.91. The first kappa shape index (κ1) is 15.7. The Hall–Kier alpha value is -3.21. The molecule has 1 aromatic heterocycles. The van der Waals surface area contributed by atoms with Gasteiger partial charge < -0.3 is 19.2 Å². The van der Waals surface area contributed by atoms with Crippen LogP contribution in [-0.4, -0.2) is 19.6 Å². The molecule has 1 N–H and O–H groups in total. The van der Waals surface area contributed by atoms with Gasteiger partial charge in [-0.2, -0.15) is 0 Å². The van der Waals surface area contributed by atoms with E-state index in [4.69, 9.17) is 13.9 Å². The number of hydrogen-bond acceptors (Lipinski definition) is 4. The quantitative estimate of drug-likeness (QED) is 0.689. The van der Waals surface area contributed by atoms with Crippen LogP contribution < -0.4 is 14.8 Å². The molecule has 24 heavy (non-hydrogen) atoms. The average Bonchev–Trinajstić information content (AvgIpc) is 3.05. The molecule has 1 amide bonds. The largest absolute Gasteiger partial charge is 0.493 e. The summed E-state index contributed by atoms with van der Waals surface area (Å²) in [5.41, 5.74) is 1.21. The molecule has 0 aliphatic carbocycles. The van der Waals surface area contributed by atoms with Gasteiger partial charge in [0.15, 0.2) is 17.1 Å². The molecule has 5 heteroatoms. The molecule has 0 aliphatic rings. The maximum Gasteiger partial charge on any atom is 0.291 e. The van der Waals surface area contributed by atoms with Crippen LogP contribution in [-0.2, 0) is 0 Å². The fourth-order valence-corrected chi connectivity index (χ4v) is 2.29. The zero-order chi connectivity index (χ0) is 16.9. The van der Waals surface area contributed by atoms with E-state index >= 15 is 0 Å². The van der Waals surface area contributed by atoms with Gasteiger partial charge in [0.2, 0.25) is 0 Å². The number of anilines is 1. The Kier molecular flexibility index (Phi) is 4.52. The molecule has 0 fully saturated rings. The number of methoxy groups -OCH3 is 1. The molecule has 1 heterocycles. The average molecular weight is 323 g/mol. The second-order valence-electron chi connectivity index (χ2n) is 5.07. The maximum absolute atomic E-state index is 12.4. The van der Waals surface area contributed by atoms with Crippen molar-refractivity contribution in [2.24, 2.45) is 0 Å². The Morgan fingerprint density at radius 2 is 2.04 bits per heavy atom. The van der Waals surface area contributed by atoms with Crippen LogP contribution in [0.1, 0.15) is 10.6 Å². The number of hydrogen-bond donors (Lipinski definition) is 1. The molecule has 0 radical (unpaired) electrons. The molecule has 0 saturated heterocycles. The third-order valence-electron chi connectivity index (χ3n) is 3.43. The van der Waals surface area contributed by atoms with Gasteiger partial charge in [0.1, 0.15) is 12.4 Å². The molecule has 122 valence electrons. The van der Waals surface area contributed by atoms with Crippen molar-refractivity contribution >= 4 is 22.6 Å². The molecule has 0 bridgehead atoms. The Balaban J connectivity index is 1.76. The highest BCUT2D eigenvalue weighted by molar-refractivity contribution is 6.05. The van der Waals surface area contributed by atoms with Crippen LogP contribution >= 0.6 is 0 Å². The van der Waals surface area contributed by atoms with Gasteiger partial charge in [-0.1, -0.05) is 24.8 Å². The number of carbonyl (C=O) groups excluding carboxylic acids is 1. The number of nitrogens with one attached hydrogen (secondary N) is 1. The molecule has 0 saturated carbocycles. The molecule has 0 spiro atoms. The molecule has 3 rings (SSSR count). The third kappa shape index (κ3) is 3.25. The van der Waals surface area contributed by atoms with Crippen LogP contribution in [0.2, 0.25) is 0 Å². The first-order chi connectivity index (χ1) is 11.7. The van der Waals surface area contributed by atoms with Crippen LogP contribution in [0.4, 0.5) is 5.69 Å². The lowest BCUT2D eigenvalue weighted by atomic mass is 10.2. The number of fused-ring (bicyclic) bond motifs is 1. The summed E-state index contributed by atoms with van der Waals surface area (Å²) in [5.74, 6) is 1.20. The summed E-state index contributed by atoms with van der Waals surface area (Å²) in [6, 6.07) is 14.3. The number of rotatable bonds is 6. The van der Waals surface area contributed by atoms with Gasteiger partial charge in [-0.05, 0) is 36.4 Å². The van der Waals surface area contributed by atoms with Crippen molar-refractivity contribution in [3.63, 3.8) is 0 Å². The molecular formula is C19H17NO4. The monoisotopic (exact) mass is 323 g/mol. The summed E-state index contributed by atoms with van der Waals surface area (Å²) in [5, 5.41) is 3.60. The minimum Gasteiger partial charge on any atom is -0.493 e. The highest BCUT2D eigenvalue weighted by atomic mass is 16.5. The molecule has 3 aromatic rings. The van der Waals surface area contributed by atoms with Gasteiger partial charge in [-0.15, -0.1) is 0 Å². The van der Waals surface area contributed by atoms with E-state index < -0.39 is 0 Å². The fourth-order valence-electron chi connectivity index (χ4n) is 2.29. The van der Waals surface area contributed by atoms with Crippen LogP contribution in [0.3, 0.4) is 0 Å². The van der Waals surface area contributed by atoms with Crippen molar-refractivity contribution in [3.05, 3.63) is 66.9 Å². The molecule has 5 nitrogen and oxygen atoms in total. The van der Waals surface area contributed by atoms with E-state index in [9.17, 15) is 4.79 Å². The van der Waals surface area contributed by atoms with Crippen molar-refractivity contribution in [1.29, 1.82) is 0 Å². The van der Waals surface area contributed by atoms with Crippen molar-refractivity contribution in [1.82, 2.24) is 0 Å². The zero-order valence-electron chi connectivity index (χ0n) is 13.2. The number of benzene rings is 2. The summed E-state index contributed by atoms with van der Waals surface area (Å²) in [6.07, 6.45) is 1.67. The van der Waals surface area contributed by atoms with Crippen LogP contribution in [0.5, 0.6) is 11.5 Å². The van der Waals surface area contributed by atoms with E-state index in [1.54, 1.807) is 49.6 Å². The topological polar surface area (TPSA) is 60.7 Å². The van der Waals surface area contributed by atoms with Crippen LogP contribution in [0, 0.1) is 0 Å². The van der Waals surface area contributed by atoms with E-state index in [2.05, 4.69) is 11.9 Å². The first-order valence-corrected chi connectivity index (χ1v) is 7.43. The molecule has 0 atom stereocenters. The molecular weight excluding hydrogens is 306 g/mol. The third-order valence-corrected chi connectivity index (χ3v) is 3.43. The highest BCUT2D eigenvalue weighted by Crippen LogP contribution is 2.28. The number of carbonyl (C=O) groups is 1. The first-order valence-electron chi connectivity index (χ1n) is 7.43. The molecule has 2 aromatic carbocycles. The Labute approximate surface area is 139 Å². The van der Waals surface area contributed by atoms with Crippen molar-refractivity contribution in [2.75, 3.05) is 19.0 Å². The summed E-state index contributed by atoms with van der Waals surface area (Å²) in [4.78, 5) is 12.4. The van der Waals surface area contributed by atoms with Crippen molar-refractivity contribution in [2.45, 2.75) is 0 Å². The van der Waals surface area contributed by atoms with Gasteiger partial charge in [0.05, 0.1) is 7.11 Å². The van der Waals surface area contributed by atoms with Gasteiger partial charge >= 0.3 is 0 Å². The maximum atomic E-state index is 12.4. The zero-order valence-corrected chi connectivity index (χ0v) is 13.2. The highest BCUT2D eigenvalue weighted by Gasteiger charge is 2.15. The number of amides is 1. The van der Waals surface area contributed by atoms with Crippen LogP contribution in [0.25, 0.3) is 11.0 Å². The smallest absolute Gasteiger partial charge is 0.291 e. The van der Waals surface area contributed by atoms with E-state index in [0.717, 1.165) is 5.39 Å². The van der Waals surface area contributed by atoms with Crippen molar-refractivity contribution in [3.8, 4) is 11.5 Å². The summed E-state index contributed by atoms with van der Waals surface area (Å²) in [6.45, 7) is 4.03. The van der Waals surface area contributed by atoms with Gasteiger partial charge in [0.25, 0.3) is 5.91 Å². The fraction of sp³-hybridized carbons (Fsp3) is 0.105. The van der Waals surface area contributed by atoms with Gasteiger partial charge in [-0.25, -0.2) is 0 Å². The lowest BCUT2D eigenvalue weighted by Gasteiger charge is -2.06. The molecule has 0 aliphatic heterocycles. The van der Waals surface area contributed by atoms with E-state index in [1.807, 2.05) is 12.1 Å². The minimum atomic E-state index is -0.326.